The molecule has 1 amide bonds. The first-order chi connectivity index (χ1) is 10.7. The fourth-order valence-corrected chi connectivity index (χ4v) is 2.97. The molecule has 0 aliphatic carbocycles. The predicted molar refractivity (Wildman–Crippen MR) is 86.8 cm³/mol. The van der Waals surface area contributed by atoms with Crippen molar-refractivity contribution in [1.82, 2.24) is 14.9 Å². The molecule has 0 radical (unpaired) electrons. The monoisotopic (exact) mass is 297 g/mol. The molecule has 0 saturated heterocycles. The summed E-state index contributed by atoms with van der Waals surface area (Å²) in [5.41, 5.74) is 3.35. The first kappa shape index (κ1) is 14.8. The molecule has 1 aliphatic heterocycles. The van der Waals surface area contributed by atoms with E-state index in [0.29, 0.717) is 13.0 Å². The molecule has 2 aromatic rings. The SMILES string of the molecule is Cc1ccccc1CC(=O)NCCc1cn2c(n1)CCCC2. The van der Waals surface area contributed by atoms with E-state index in [9.17, 15) is 4.79 Å². The number of fused-ring (bicyclic) bond motifs is 1. The van der Waals surface area contributed by atoms with Gasteiger partial charge in [-0.25, -0.2) is 4.98 Å². The molecule has 0 atom stereocenters. The minimum absolute atomic E-state index is 0.0817. The van der Waals surface area contributed by atoms with E-state index in [1.54, 1.807) is 0 Å². The van der Waals surface area contributed by atoms with Crippen molar-refractivity contribution in [1.29, 1.82) is 0 Å². The van der Waals surface area contributed by atoms with E-state index in [1.165, 1.54) is 24.2 Å². The maximum Gasteiger partial charge on any atom is 0.224 e. The zero-order valence-corrected chi connectivity index (χ0v) is 13.1. The summed E-state index contributed by atoms with van der Waals surface area (Å²) < 4.78 is 2.26. The summed E-state index contributed by atoms with van der Waals surface area (Å²) in [6, 6.07) is 8.03. The molecule has 2 heterocycles. The molecule has 3 rings (SSSR count). The van der Waals surface area contributed by atoms with Crippen molar-refractivity contribution in [2.24, 2.45) is 0 Å². The molecule has 0 saturated carbocycles. The van der Waals surface area contributed by atoms with Gasteiger partial charge in [0.1, 0.15) is 5.82 Å². The zero-order valence-electron chi connectivity index (χ0n) is 13.1. The van der Waals surface area contributed by atoms with Crippen molar-refractivity contribution >= 4 is 5.91 Å². The largest absolute Gasteiger partial charge is 0.355 e. The normalized spacial score (nSPS) is 13.7. The van der Waals surface area contributed by atoms with Gasteiger partial charge in [0, 0.05) is 32.1 Å². The number of aryl methyl sites for hydroxylation is 3. The second kappa shape index (κ2) is 6.77. The third-order valence-electron chi connectivity index (χ3n) is 4.27. The van der Waals surface area contributed by atoms with Crippen LogP contribution in [0.2, 0.25) is 0 Å². The van der Waals surface area contributed by atoms with Crippen molar-refractivity contribution < 1.29 is 4.79 Å². The van der Waals surface area contributed by atoms with Crippen molar-refractivity contribution in [2.45, 2.75) is 45.6 Å². The molecule has 116 valence electrons. The third-order valence-corrected chi connectivity index (χ3v) is 4.27. The number of aromatic nitrogens is 2. The van der Waals surface area contributed by atoms with Crippen molar-refractivity contribution in [3.8, 4) is 0 Å². The highest BCUT2D eigenvalue weighted by Gasteiger charge is 2.12. The van der Waals surface area contributed by atoms with Crippen LogP contribution >= 0.6 is 0 Å². The second-order valence-electron chi connectivity index (χ2n) is 6.00. The van der Waals surface area contributed by atoms with Gasteiger partial charge in [-0.1, -0.05) is 24.3 Å². The fraction of sp³-hybridized carbons (Fsp3) is 0.444. The Morgan fingerprint density at radius 1 is 1.32 bits per heavy atom. The molecule has 1 aliphatic rings. The van der Waals surface area contributed by atoms with Crippen molar-refractivity contribution in [3.63, 3.8) is 0 Å². The number of hydrogen-bond acceptors (Lipinski definition) is 2. The van der Waals surface area contributed by atoms with E-state index in [4.69, 9.17) is 0 Å². The minimum atomic E-state index is 0.0817. The van der Waals surface area contributed by atoms with Crippen LogP contribution < -0.4 is 5.32 Å². The second-order valence-corrected chi connectivity index (χ2v) is 6.00. The topological polar surface area (TPSA) is 46.9 Å². The van der Waals surface area contributed by atoms with Gasteiger partial charge in [-0.15, -0.1) is 0 Å². The number of hydrogen-bond donors (Lipinski definition) is 1. The van der Waals surface area contributed by atoms with E-state index >= 15 is 0 Å². The van der Waals surface area contributed by atoms with Crippen LogP contribution in [0.1, 0.15) is 35.5 Å². The lowest BCUT2D eigenvalue weighted by Crippen LogP contribution is -2.27. The van der Waals surface area contributed by atoms with Gasteiger partial charge < -0.3 is 9.88 Å². The van der Waals surface area contributed by atoms with Crippen LogP contribution in [0.3, 0.4) is 0 Å². The highest BCUT2D eigenvalue weighted by molar-refractivity contribution is 5.78. The molecule has 4 heteroatoms. The average Bonchev–Trinajstić information content (AvgIpc) is 2.92. The van der Waals surface area contributed by atoms with Gasteiger partial charge >= 0.3 is 0 Å². The first-order valence-corrected chi connectivity index (χ1v) is 8.08. The minimum Gasteiger partial charge on any atom is -0.355 e. The number of carbonyl (C=O) groups excluding carboxylic acids is 1. The maximum atomic E-state index is 12.0. The van der Waals surface area contributed by atoms with Crippen molar-refractivity contribution in [2.75, 3.05) is 6.54 Å². The molecule has 4 nitrogen and oxygen atoms in total. The van der Waals surface area contributed by atoms with E-state index in [1.807, 2.05) is 31.2 Å². The van der Waals surface area contributed by atoms with Crippen LogP contribution in [0.25, 0.3) is 0 Å². The Hall–Kier alpha value is -2.10. The average molecular weight is 297 g/mol. The van der Waals surface area contributed by atoms with E-state index in [0.717, 1.165) is 30.6 Å². The molecular weight excluding hydrogens is 274 g/mol. The number of nitrogens with one attached hydrogen (secondary N) is 1. The summed E-state index contributed by atoms with van der Waals surface area (Å²) in [6.07, 6.45) is 6.97. The molecule has 0 fully saturated rings. The summed E-state index contributed by atoms with van der Waals surface area (Å²) in [4.78, 5) is 16.7. The van der Waals surface area contributed by atoms with E-state index in [-0.39, 0.29) is 5.91 Å². The number of benzene rings is 1. The number of imidazole rings is 1. The first-order valence-electron chi connectivity index (χ1n) is 8.08. The van der Waals surface area contributed by atoms with Crippen LogP contribution in [-0.2, 0) is 30.6 Å². The van der Waals surface area contributed by atoms with Crippen LogP contribution in [0.5, 0.6) is 0 Å². The summed E-state index contributed by atoms with van der Waals surface area (Å²) in [7, 11) is 0. The molecular formula is C18H23N3O. The van der Waals surface area contributed by atoms with E-state index < -0.39 is 0 Å². The Morgan fingerprint density at radius 3 is 3.00 bits per heavy atom. The fourth-order valence-electron chi connectivity index (χ4n) is 2.97. The summed E-state index contributed by atoms with van der Waals surface area (Å²) in [6.45, 7) is 3.78. The highest BCUT2D eigenvalue weighted by Crippen LogP contribution is 2.14. The summed E-state index contributed by atoms with van der Waals surface area (Å²) in [5, 5.41) is 3.00. The van der Waals surface area contributed by atoms with Gasteiger partial charge in [0.05, 0.1) is 12.1 Å². The van der Waals surface area contributed by atoms with E-state index in [2.05, 4.69) is 21.1 Å². The lowest BCUT2D eigenvalue weighted by Gasteiger charge is -2.11. The summed E-state index contributed by atoms with van der Waals surface area (Å²) >= 11 is 0. The Balaban J connectivity index is 1.47. The standard InChI is InChI=1S/C18H23N3O/c1-14-6-2-3-7-15(14)12-18(22)19-10-9-16-13-21-11-5-4-8-17(21)20-16/h2-3,6-7,13H,4-5,8-12H2,1H3,(H,19,22). The lowest BCUT2D eigenvalue weighted by atomic mass is 10.1. The van der Waals surface area contributed by atoms with Gasteiger partial charge in [0.2, 0.25) is 5.91 Å². The molecule has 22 heavy (non-hydrogen) atoms. The molecule has 1 aromatic carbocycles. The van der Waals surface area contributed by atoms with Gasteiger partial charge in [-0.05, 0) is 30.9 Å². The Morgan fingerprint density at radius 2 is 2.18 bits per heavy atom. The predicted octanol–water partition coefficient (Wildman–Crippen LogP) is 2.43. The number of carbonyl (C=O) groups is 1. The van der Waals surface area contributed by atoms with Gasteiger partial charge in [-0.3, -0.25) is 4.79 Å². The third kappa shape index (κ3) is 3.56. The molecule has 1 N–H and O–H groups in total. The molecule has 1 aromatic heterocycles. The zero-order chi connectivity index (χ0) is 15.4. The Labute approximate surface area is 131 Å². The van der Waals surface area contributed by atoms with Gasteiger partial charge in [0.15, 0.2) is 0 Å². The lowest BCUT2D eigenvalue weighted by molar-refractivity contribution is -0.120. The van der Waals surface area contributed by atoms with Crippen LogP contribution in [0, 0.1) is 6.92 Å². The quantitative estimate of drug-likeness (QED) is 0.921. The summed E-state index contributed by atoms with van der Waals surface area (Å²) in [5.74, 6) is 1.28. The molecule has 0 unspecified atom stereocenters. The number of rotatable bonds is 5. The smallest absolute Gasteiger partial charge is 0.224 e. The number of nitrogens with zero attached hydrogens (tertiary/aromatic N) is 2. The van der Waals surface area contributed by atoms with Crippen LogP contribution in [-0.4, -0.2) is 22.0 Å². The Kier molecular flexibility index (Phi) is 4.56. The Bertz CT molecular complexity index is 637. The van der Waals surface area contributed by atoms with Crippen LogP contribution in [0.15, 0.2) is 30.5 Å². The van der Waals surface area contributed by atoms with Gasteiger partial charge in [0.25, 0.3) is 0 Å². The van der Waals surface area contributed by atoms with Crippen molar-refractivity contribution in [3.05, 3.63) is 53.1 Å². The highest BCUT2D eigenvalue weighted by atomic mass is 16.1. The molecule has 0 spiro atoms. The maximum absolute atomic E-state index is 12.0. The number of amides is 1. The molecule has 0 bridgehead atoms. The van der Waals surface area contributed by atoms with Gasteiger partial charge in [-0.2, -0.15) is 0 Å². The van der Waals surface area contributed by atoms with Crippen LogP contribution in [0.4, 0.5) is 0 Å².